The number of nitrogens with zero attached hydrogens (tertiary/aromatic N) is 2. The topological polar surface area (TPSA) is 70.5 Å². The lowest BCUT2D eigenvalue weighted by Gasteiger charge is -2.12. The van der Waals surface area contributed by atoms with Gasteiger partial charge in [0.25, 0.3) is 0 Å². The normalized spacial score (nSPS) is 11.2. The molecule has 6 heteroatoms. The highest BCUT2D eigenvalue weighted by Crippen LogP contribution is 2.27. The van der Waals surface area contributed by atoms with Crippen LogP contribution in [0.5, 0.6) is 5.75 Å². The first-order valence-corrected chi connectivity index (χ1v) is 8.51. The summed E-state index contributed by atoms with van der Waals surface area (Å²) in [5, 5.41) is 0. The van der Waals surface area contributed by atoms with Crippen LogP contribution in [0.4, 0.5) is 0 Å². The summed E-state index contributed by atoms with van der Waals surface area (Å²) in [6, 6.07) is 7.57. The first kappa shape index (κ1) is 19.4. The molecule has 0 aliphatic heterocycles. The molecule has 0 fully saturated rings. The Morgan fingerprint density at radius 1 is 1.23 bits per heavy atom. The number of carbonyl (C=O) groups excluding carboxylic acids is 1. The van der Waals surface area contributed by atoms with Crippen LogP contribution in [0, 0.1) is 6.92 Å². The fourth-order valence-corrected chi connectivity index (χ4v) is 2.32. The Morgan fingerprint density at radius 3 is 2.73 bits per heavy atom. The zero-order valence-electron chi connectivity index (χ0n) is 15.6. The Hall–Kier alpha value is -2.89. The van der Waals surface area contributed by atoms with Gasteiger partial charge < -0.3 is 14.2 Å². The third-order valence-corrected chi connectivity index (χ3v) is 3.78. The first-order chi connectivity index (χ1) is 12.6. The molecule has 0 aliphatic rings. The van der Waals surface area contributed by atoms with Crippen molar-refractivity contribution in [1.82, 2.24) is 9.97 Å². The van der Waals surface area contributed by atoms with Crippen molar-refractivity contribution in [3.63, 3.8) is 0 Å². The van der Waals surface area contributed by atoms with Gasteiger partial charge in [0.05, 0.1) is 14.2 Å². The van der Waals surface area contributed by atoms with Gasteiger partial charge in [-0.2, -0.15) is 0 Å². The van der Waals surface area contributed by atoms with Crippen molar-refractivity contribution in [3.05, 3.63) is 53.7 Å². The molecule has 1 aromatic heterocycles. The van der Waals surface area contributed by atoms with E-state index in [0.29, 0.717) is 11.6 Å². The smallest absolute Gasteiger partial charge is 0.377 e. The lowest BCUT2D eigenvalue weighted by molar-refractivity contribution is -0.138. The molecule has 0 amide bonds. The number of hydrogen-bond acceptors (Lipinski definition) is 6. The summed E-state index contributed by atoms with van der Waals surface area (Å²) >= 11 is 0. The Morgan fingerprint density at radius 2 is 2.04 bits per heavy atom. The predicted octanol–water partition coefficient (Wildman–Crippen LogP) is 3.83. The number of aryl methyl sites for hydroxylation is 2. The van der Waals surface area contributed by atoms with Crippen molar-refractivity contribution in [1.29, 1.82) is 0 Å². The molecule has 0 saturated heterocycles. The molecular formula is C20H24N2O4. The van der Waals surface area contributed by atoms with Gasteiger partial charge in [0, 0.05) is 17.5 Å². The van der Waals surface area contributed by atoms with Crippen LogP contribution in [-0.2, 0) is 20.7 Å². The van der Waals surface area contributed by atoms with Crippen molar-refractivity contribution in [2.45, 2.75) is 33.1 Å². The number of hydrogen-bond donors (Lipinski definition) is 0. The quantitative estimate of drug-likeness (QED) is 0.407. The largest absolute Gasteiger partial charge is 0.500 e. The third-order valence-electron chi connectivity index (χ3n) is 3.78. The molecule has 2 aromatic rings. The average molecular weight is 356 g/mol. The van der Waals surface area contributed by atoms with Gasteiger partial charge in [0.2, 0.25) is 5.76 Å². The summed E-state index contributed by atoms with van der Waals surface area (Å²) in [7, 11) is 2.72. The van der Waals surface area contributed by atoms with Gasteiger partial charge in [-0.3, -0.25) is 0 Å². The first-order valence-electron chi connectivity index (χ1n) is 8.51. The molecule has 0 radical (unpaired) electrons. The second kappa shape index (κ2) is 9.56. The number of unbranched alkanes of at least 4 members (excludes halogenated alkanes) is 1. The summed E-state index contributed by atoms with van der Waals surface area (Å²) in [4.78, 5) is 20.8. The average Bonchev–Trinajstić information content (AvgIpc) is 2.67. The molecule has 0 N–H and O–H groups in total. The standard InChI is InChI=1S/C20H24N2O4/c1-5-6-7-16-10-11-21-19(22-16)15-9-8-14(2)17(12-15)26-18(13-24-3)20(23)25-4/h8-13H,5-7H2,1-4H3. The van der Waals surface area contributed by atoms with Gasteiger partial charge in [0.1, 0.15) is 12.0 Å². The monoisotopic (exact) mass is 356 g/mol. The van der Waals surface area contributed by atoms with E-state index in [1.165, 1.54) is 20.5 Å². The Bertz CT molecular complexity index is 787. The van der Waals surface area contributed by atoms with Crippen molar-refractivity contribution in [2.75, 3.05) is 14.2 Å². The van der Waals surface area contributed by atoms with Crippen LogP contribution in [0.15, 0.2) is 42.5 Å². The number of ether oxygens (including phenoxy) is 3. The Balaban J connectivity index is 2.32. The fraction of sp³-hybridized carbons (Fsp3) is 0.350. The highest BCUT2D eigenvalue weighted by atomic mass is 16.6. The van der Waals surface area contributed by atoms with E-state index >= 15 is 0 Å². The molecule has 0 atom stereocenters. The van der Waals surface area contributed by atoms with Gasteiger partial charge in [-0.15, -0.1) is 0 Å². The Labute approximate surface area is 153 Å². The van der Waals surface area contributed by atoms with E-state index in [-0.39, 0.29) is 5.76 Å². The van der Waals surface area contributed by atoms with E-state index in [0.717, 1.165) is 36.1 Å². The summed E-state index contributed by atoms with van der Waals surface area (Å²) in [6.07, 6.45) is 6.09. The maximum atomic E-state index is 11.8. The van der Waals surface area contributed by atoms with Gasteiger partial charge in [-0.25, -0.2) is 14.8 Å². The highest BCUT2D eigenvalue weighted by Gasteiger charge is 2.15. The summed E-state index contributed by atoms with van der Waals surface area (Å²) < 4.78 is 15.3. The summed E-state index contributed by atoms with van der Waals surface area (Å²) in [5.41, 5.74) is 2.68. The van der Waals surface area contributed by atoms with E-state index in [9.17, 15) is 4.79 Å². The van der Waals surface area contributed by atoms with Crippen LogP contribution in [0.3, 0.4) is 0 Å². The van der Waals surface area contributed by atoms with Gasteiger partial charge >= 0.3 is 5.97 Å². The molecule has 1 aromatic carbocycles. The van der Waals surface area contributed by atoms with E-state index < -0.39 is 5.97 Å². The van der Waals surface area contributed by atoms with Crippen molar-refractivity contribution in [3.8, 4) is 17.1 Å². The second-order valence-corrected chi connectivity index (χ2v) is 5.77. The maximum Gasteiger partial charge on any atom is 0.377 e. The van der Waals surface area contributed by atoms with E-state index in [4.69, 9.17) is 14.2 Å². The predicted molar refractivity (Wildman–Crippen MR) is 98.6 cm³/mol. The molecule has 0 aliphatic carbocycles. The minimum absolute atomic E-state index is 0.0344. The Kier molecular flexibility index (Phi) is 7.14. The number of aromatic nitrogens is 2. The fourth-order valence-electron chi connectivity index (χ4n) is 2.32. The second-order valence-electron chi connectivity index (χ2n) is 5.77. The number of benzene rings is 1. The number of methoxy groups -OCH3 is 2. The van der Waals surface area contributed by atoms with Gasteiger partial charge in [-0.05, 0) is 37.5 Å². The molecule has 26 heavy (non-hydrogen) atoms. The lowest BCUT2D eigenvalue weighted by Crippen LogP contribution is -2.11. The zero-order valence-corrected chi connectivity index (χ0v) is 15.6. The minimum atomic E-state index is -0.616. The van der Waals surface area contributed by atoms with Gasteiger partial charge in [-0.1, -0.05) is 25.5 Å². The van der Waals surface area contributed by atoms with Crippen LogP contribution in [0.1, 0.15) is 31.0 Å². The van der Waals surface area contributed by atoms with Gasteiger partial charge in [0.15, 0.2) is 5.82 Å². The third kappa shape index (κ3) is 5.05. The van der Waals surface area contributed by atoms with Crippen molar-refractivity contribution in [2.24, 2.45) is 0 Å². The summed E-state index contributed by atoms with van der Waals surface area (Å²) in [6.45, 7) is 4.04. The number of carbonyl (C=O) groups is 1. The molecule has 0 bridgehead atoms. The van der Waals surface area contributed by atoms with E-state index in [1.807, 2.05) is 25.1 Å². The molecule has 1 heterocycles. The van der Waals surface area contributed by atoms with Crippen LogP contribution >= 0.6 is 0 Å². The number of esters is 1. The van der Waals surface area contributed by atoms with Crippen LogP contribution < -0.4 is 4.74 Å². The molecular weight excluding hydrogens is 332 g/mol. The lowest BCUT2D eigenvalue weighted by atomic mass is 10.1. The molecule has 138 valence electrons. The van der Waals surface area contributed by atoms with E-state index in [2.05, 4.69) is 16.9 Å². The molecule has 0 saturated carbocycles. The molecule has 0 unspecified atom stereocenters. The van der Waals surface area contributed by atoms with Crippen molar-refractivity contribution >= 4 is 5.97 Å². The zero-order chi connectivity index (χ0) is 18.9. The maximum absolute atomic E-state index is 11.8. The minimum Gasteiger partial charge on any atom is -0.500 e. The van der Waals surface area contributed by atoms with Crippen LogP contribution in [-0.4, -0.2) is 30.2 Å². The molecule has 0 spiro atoms. The van der Waals surface area contributed by atoms with Crippen molar-refractivity contribution < 1.29 is 19.0 Å². The molecule has 6 nitrogen and oxygen atoms in total. The molecule has 2 rings (SSSR count). The highest BCUT2D eigenvalue weighted by molar-refractivity contribution is 5.86. The van der Waals surface area contributed by atoms with Crippen LogP contribution in [0.2, 0.25) is 0 Å². The summed E-state index contributed by atoms with van der Waals surface area (Å²) in [5.74, 6) is 0.486. The SMILES string of the molecule is CCCCc1ccnc(-c2ccc(C)c(OC(=COC)C(=O)OC)c2)n1. The van der Waals surface area contributed by atoms with E-state index in [1.54, 1.807) is 12.3 Å². The number of rotatable bonds is 8. The van der Waals surface area contributed by atoms with Crippen LogP contribution in [0.25, 0.3) is 11.4 Å².